The number of carbonyl (C=O) groups is 2. The van der Waals surface area contributed by atoms with Gasteiger partial charge >= 0.3 is 0 Å². The standard InChI is InChI=1S/C26H29ClN4O5S2/c1-17-24(21(32)16-38(28,34)35)30-23(37-17)15-31(12-4-6-18-5-3-7-19(27)13-18)25(33)26(10-11-26)22-9-8-20(36-2)14-29-22/h3,5,7-9,13-14H,4,6,10-12,15-16H2,1-2H3,(H2,28,34,35). The Bertz CT molecular complexity index is 1440. The molecular weight excluding hydrogens is 548 g/mol. The number of halogens is 1. The van der Waals surface area contributed by atoms with Gasteiger partial charge in [0.15, 0.2) is 5.78 Å². The van der Waals surface area contributed by atoms with Crippen molar-refractivity contribution in [3.05, 3.63) is 74.5 Å². The molecule has 1 aromatic carbocycles. The van der Waals surface area contributed by atoms with Crippen molar-refractivity contribution >= 4 is 44.7 Å². The molecule has 0 saturated heterocycles. The van der Waals surface area contributed by atoms with Crippen LogP contribution in [0.3, 0.4) is 0 Å². The summed E-state index contributed by atoms with van der Waals surface area (Å²) in [5.41, 5.74) is 1.13. The van der Waals surface area contributed by atoms with Crippen molar-refractivity contribution in [1.82, 2.24) is 14.9 Å². The fourth-order valence-corrected chi connectivity index (χ4v) is 6.08. The first-order chi connectivity index (χ1) is 18.0. The minimum atomic E-state index is -3.98. The van der Waals surface area contributed by atoms with Gasteiger partial charge < -0.3 is 9.64 Å². The van der Waals surface area contributed by atoms with Gasteiger partial charge in [0.2, 0.25) is 15.9 Å². The van der Waals surface area contributed by atoms with E-state index in [-0.39, 0.29) is 18.1 Å². The molecule has 2 heterocycles. The third-order valence-electron chi connectivity index (χ3n) is 6.45. The zero-order valence-electron chi connectivity index (χ0n) is 21.1. The number of hydrogen-bond donors (Lipinski definition) is 1. The molecule has 2 N–H and O–H groups in total. The molecule has 1 aliphatic rings. The zero-order valence-corrected chi connectivity index (χ0v) is 23.5. The highest BCUT2D eigenvalue weighted by Gasteiger charge is 2.54. The van der Waals surface area contributed by atoms with Gasteiger partial charge in [0.1, 0.15) is 22.2 Å². The lowest BCUT2D eigenvalue weighted by Crippen LogP contribution is -2.40. The van der Waals surface area contributed by atoms with Gasteiger partial charge in [0.25, 0.3) is 0 Å². The van der Waals surface area contributed by atoms with E-state index in [1.54, 1.807) is 31.2 Å². The molecular formula is C26H29ClN4O5S2. The van der Waals surface area contributed by atoms with Gasteiger partial charge in [-0.05, 0) is 62.4 Å². The number of thiazole rings is 1. The molecule has 1 amide bonds. The average molecular weight is 577 g/mol. The molecule has 9 nitrogen and oxygen atoms in total. The first-order valence-electron chi connectivity index (χ1n) is 12.0. The van der Waals surface area contributed by atoms with E-state index in [1.807, 2.05) is 30.3 Å². The van der Waals surface area contributed by atoms with Crippen LogP contribution in [0.4, 0.5) is 0 Å². The summed E-state index contributed by atoms with van der Waals surface area (Å²) in [5, 5.41) is 6.25. The summed E-state index contributed by atoms with van der Waals surface area (Å²) in [6, 6.07) is 11.2. The fourth-order valence-electron chi connectivity index (χ4n) is 4.40. The number of amides is 1. The third kappa shape index (κ3) is 6.76. The number of benzene rings is 1. The summed E-state index contributed by atoms with van der Waals surface area (Å²) in [5.74, 6) is -0.907. The third-order valence-corrected chi connectivity index (χ3v) is 8.31. The van der Waals surface area contributed by atoms with Gasteiger partial charge in [-0.15, -0.1) is 11.3 Å². The van der Waals surface area contributed by atoms with E-state index in [9.17, 15) is 18.0 Å². The second kappa shape index (κ2) is 11.5. The van der Waals surface area contributed by atoms with Gasteiger partial charge in [0.05, 0.1) is 31.0 Å². The number of Topliss-reactive ketones (excluding diaryl/α,β-unsaturated/α-hetero) is 1. The van der Waals surface area contributed by atoms with E-state index in [4.69, 9.17) is 21.5 Å². The molecule has 1 fully saturated rings. The number of methoxy groups -OCH3 is 1. The Morgan fingerprint density at radius 2 is 2.00 bits per heavy atom. The van der Waals surface area contributed by atoms with Crippen LogP contribution < -0.4 is 9.88 Å². The molecule has 1 aliphatic carbocycles. The number of hydrogen-bond acceptors (Lipinski definition) is 8. The average Bonchev–Trinajstić information content (AvgIpc) is 3.59. The van der Waals surface area contributed by atoms with Crippen molar-refractivity contribution in [1.29, 1.82) is 0 Å². The van der Waals surface area contributed by atoms with Crippen LogP contribution in [0.2, 0.25) is 5.02 Å². The Balaban J connectivity index is 1.56. The molecule has 12 heteroatoms. The van der Waals surface area contributed by atoms with Gasteiger partial charge in [0, 0.05) is 16.4 Å². The molecule has 1 saturated carbocycles. The first kappa shape index (κ1) is 28.2. The SMILES string of the molecule is COc1ccc(C2(C(=O)N(CCCc3cccc(Cl)c3)Cc3nc(C(=O)CS(N)(=O)=O)c(C)s3)CC2)nc1. The molecule has 4 rings (SSSR count). The van der Waals surface area contributed by atoms with Crippen molar-refractivity contribution in [2.75, 3.05) is 19.4 Å². The van der Waals surface area contributed by atoms with Crippen molar-refractivity contribution in [3.63, 3.8) is 0 Å². The number of sulfonamides is 1. The van der Waals surface area contributed by atoms with Crippen LogP contribution >= 0.6 is 22.9 Å². The van der Waals surface area contributed by atoms with Gasteiger partial charge in [-0.1, -0.05) is 23.7 Å². The van der Waals surface area contributed by atoms with E-state index in [2.05, 4.69) is 9.97 Å². The smallest absolute Gasteiger partial charge is 0.235 e. The summed E-state index contributed by atoms with van der Waals surface area (Å²) >= 11 is 7.39. The monoisotopic (exact) mass is 576 g/mol. The number of ether oxygens (including phenoxy) is 1. The Morgan fingerprint density at radius 3 is 2.61 bits per heavy atom. The van der Waals surface area contributed by atoms with E-state index < -0.39 is 27.0 Å². The lowest BCUT2D eigenvalue weighted by Gasteiger charge is -2.27. The Labute approximate surface area is 231 Å². The van der Waals surface area contributed by atoms with E-state index in [0.717, 1.165) is 12.0 Å². The molecule has 0 atom stereocenters. The second-order valence-corrected chi connectivity index (χ2v) is 12.7. The summed E-state index contributed by atoms with van der Waals surface area (Å²) in [4.78, 5) is 37.6. The molecule has 0 aliphatic heterocycles. The van der Waals surface area contributed by atoms with Crippen LogP contribution in [0.1, 0.15) is 50.9 Å². The molecule has 2 aromatic heterocycles. The van der Waals surface area contributed by atoms with E-state index >= 15 is 0 Å². The lowest BCUT2D eigenvalue weighted by molar-refractivity contribution is -0.134. The van der Waals surface area contributed by atoms with Crippen molar-refractivity contribution in [2.24, 2.45) is 5.14 Å². The van der Waals surface area contributed by atoms with Gasteiger partial charge in [-0.2, -0.15) is 0 Å². The number of nitrogens with two attached hydrogens (primary N) is 1. The number of primary sulfonamides is 1. The predicted molar refractivity (Wildman–Crippen MR) is 146 cm³/mol. The van der Waals surface area contributed by atoms with E-state index in [0.29, 0.717) is 52.2 Å². The van der Waals surface area contributed by atoms with Crippen LogP contribution in [0, 0.1) is 6.92 Å². The van der Waals surface area contributed by atoms with Gasteiger partial charge in [-0.3, -0.25) is 14.6 Å². The fraction of sp³-hybridized carbons (Fsp3) is 0.385. The highest BCUT2D eigenvalue weighted by molar-refractivity contribution is 7.89. The quantitative estimate of drug-likeness (QED) is 0.325. The number of pyridine rings is 1. The highest BCUT2D eigenvalue weighted by atomic mass is 35.5. The summed E-state index contributed by atoms with van der Waals surface area (Å²) in [6.45, 7) is 2.36. The normalized spacial score (nSPS) is 14.2. The Kier molecular flexibility index (Phi) is 8.51. The zero-order chi connectivity index (χ0) is 27.5. The van der Waals surface area contributed by atoms with Crippen LogP contribution in [-0.4, -0.2) is 54.4 Å². The van der Waals surface area contributed by atoms with Crippen molar-refractivity contribution < 1.29 is 22.7 Å². The number of nitrogens with zero attached hydrogens (tertiary/aromatic N) is 3. The first-order valence-corrected chi connectivity index (χ1v) is 15.0. The molecule has 38 heavy (non-hydrogen) atoms. The largest absolute Gasteiger partial charge is 0.495 e. The maximum atomic E-state index is 13.9. The Morgan fingerprint density at radius 1 is 1.24 bits per heavy atom. The number of aryl methyl sites for hydroxylation is 2. The topological polar surface area (TPSA) is 133 Å². The van der Waals surface area contributed by atoms with Crippen LogP contribution in [-0.2, 0) is 33.2 Å². The predicted octanol–water partition coefficient (Wildman–Crippen LogP) is 3.67. The van der Waals surface area contributed by atoms with Crippen LogP contribution in [0.25, 0.3) is 0 Å². The number of rotatable bonds is 12. The number of aromatic nitrogens is 2. The minimum Gasteiger partial charge on any atom is -0.495 e. The summed E-state index contributed by atoms with van der Waals surface area (Å²) < 4.78 is 28.0. The van der Waals surface area contributed by atoms with Gasteiger partial charge in [-0.25, -0.2) is 18.5 Å². The lowest BCUT2D eigenvalue weighted by atomic mass is 9.99. The van der Waals surface area contributed by atoms with Crippen LogP contribution in [0.15, 0.2) is 42.6 Å². The molecule has 0 bridgehead atoms. The molecule has 0 unspecified atom stereocenters. The molecule has 0 radical (unpaired) electrons. The summed E-state index contributed by atoms with van der Waals surface area (Å²) in [6.07, 6.45) is 4.41. The summed E-state index contributed by atoms with van der Waals surface area (Å²) in [7, 11) is -2.41. The van der Waals surface area contributed by atoms with Crippen molar-refractivity contribution in [2.45, 2.75) is 44.6 Å². The number of carbonyl (C=O) groups excluding carboxylic acids is 2. The maximum Gasteiger partial charge on any atom is 0.235 e. The van der Waals surface area contributed by atoms with Crippen molar-refractivity contribution in [3.8, 4) is 5.75 Å². The highest BCUT2D eigenvalue weighted by Crippen LogP contribution is 2.49. The van der Waals surface area contributed by atoms with E-state index in [1.165, 1.54) is 11.3 Å². The Hall–Kier alpha value is -2.86. The molecule has 0 spiro atoms. The van der Waals surface area contributed by atoms with Crippen LogP contribution in [0.5, 0.6) is 5.75 Å². The maximum absolute atomic E-state index is 13.9. The molecule has 202 valence electrons. The number of ketones is 1. The second-order valence-electron chi connectivity index (χ2n) is 9.37. The minimum absolute atomic E-state index is 0.0495. The molecule has 3 aromatic rings.